The number of benzene rings is 2. The monoisotopic (exact) mass is 495 g/mol. The number of anilines is 2. The van der Waals surface area contributed by atoms with Gasteiger partial charge in [0.2, 0.25) is 20.0 Å². The highest BCUT2D eigenvalue weighted by molar-refractivity contribution is 7.92. The third-order valence-corrected chi connectivity index (χ3v) is 8.58. The van der Waals surface area contributed by atoms with Crippen LogP contribution in [0.3, 0.4) is 0 Å². The van der Waals surface area contributed by atoms with Gasteiger partial charge >= 0.3 is 0 Å². The lowest BCUT2D eigenvalue weighted by atomic mass is 10.2. The minimum atomic E-state index is -3.51. The molecule has 180 valence electrons. The summed E-state index contributed by atoms with van der Waals surface area (Å²) in [4.78, 5) is 12.9. The molecule has 1 aliphatic heterocycles. The molecule has 1 heterocycles. The maximum Gasteiger partial charge on any atom is 0.265 e. The molecule has 11 heteroatoms. The van der Waals surface area contributed by atoms with Gasteiger partial charge in [-0.2, -0.15) is 4.31 Å². The molecule has 3 rings (SSSR count). The van der Waals surface area contributed by atoms with Crippen LogP contribution in [0, 0.1) is 0 Å². The van der Waals surface area contributed by atoms with Crippen LogP contribution in [0.4, 0.5) is 11.4 Å². The number of carbonyl (C=O) groups excluding carboxylic acids is 1. The van der Waals surface area contributed by atoms with Crippen molar-refractivity contribution in [3.63, 3.8) is 0 Å². The van der Waals surface area contributed by atoms with Gasteiger partial charge in [-0.05, 0) is 67.8 Å². The summed E-state index contributed by atoms with van der Waals surface area (Å²) in [6, 6.07) is 12.5. The van der Waals surface area contributed by atoms with Crippen LogP contribution in [0.1, 0.15) is 26.2 Å². The highest BCUT2D eigenvalue weighted by atomic mass is 32.2. The first-order chi connectivity index (χ1) is 15.5. The molecule has 1 fully saturated rings. The van der Waals surface area contributed by atoms with E-state index in [2.05, 4.69) is 5.32 Å². The molecular weight excluding hydrogens is 466 g/mol. The molecule has 0 unspecified atom stereocenters. The first-order valence-corrected chi connectivity index (χ1v) is 13.9. The fraction of sp³-hybridized carbons (Fsp3) is 0.409. The summed E-state index contributed by atoms with van der Waals surface area (Å²) in [5.74, 6) is 0.0553. The van der Waals surface area contributed by atoms with Gasteiger partial charge in [-0.25, -0.2) is 16.8 Å². The fourth-order valence-electron chi connectivity index (χ4n) is 3.42. The van der Waals surface area contributed by atoms with Crippen molar-refractivity contribution >= 4 is 37.3 Å². The van der Waals surface area contributed by atoms with Gasteiger partial charge in [-0.1, -0.05) is 6.92 Å². The Morgan fingerprint density at radius 3 is 2.12 bits per heavy atom. The molecule has 1 amide bonds. The van der Waals surface area contributed by atoms with E-state index in [1.54, 1.807) is 36.4 Å². The summed E-state index contributed by atoms with van der Waals surface area (Å²) in [5, 5.41) is 2.75. The second-order valence-corrected chi connectivity index (χ2v) is 11.8. The number of ether oxygens (including phenoxy) is 1. The number of hydrogen-bond acceptors (Lipinski definition) is 6. The average molecular weight is 496 g/mol. The van der Waals surface area contributed by atoms with Gasteiger partial charge in [-0.3, -0.25) is 9.10 Å². The van der Waals surface area contributed by atoms with Crippen LogP contribution in [0.5, 0.6) is 5.75 Å². The van der Waals surface area contributed by atoms with E-state index < -0.39 is 26.2 Å². The number of nitrogens with zero attached hydrogens (tertiary/aromatic N) is 2. The summed E-state index contributed by atoms with van der Waals surface area (Å²) in [6.07, 6.45) is 2.46. The third kappa shape index (κ3) is 6.04. The smallest absolute Gasteiger partial charge is 0.265 e. The highest BCUT2D eigenvalue weighted by Gasteiger charge is 2.27. The molecule has 1 aliphatic rings. The summed E-state index contributed by atoms with van der Waals surface area (Å²) in [6.45, 7) is 2.87. The molecule has 0 bridgehead atoms. The largest absolute Gasteiger partial charge is 0.481 e. The number of carbonyl (C=O) groups is 1. The van der Waals surface area contributed by atoms with Crippen LogP contribution in [-0.2, 0) is 24.8 Å². The van der Waals surface area contributed by atoms with E-state index in [0.717, 1.165) is 23.4 Å². The Kier molecular flexibility index (Phi) is 7.65. The van der Waals surface area contributed by atoms with Gasteiger partial charge in [0, 0.05) is 25.8 Å². The molecule has 0 saturated carbocycles. The summed E-state index contributed by atoms with van der Waals surface area (Å²) < 4.78 is 57.0. The zero-order valence-corrected chi connectivity index (χ0v) is 20.5. The summed E-state index contributed by atoms with van der Waals surface area (Å²) in [5.41, 5.74) is 0.943. The zero-order chi connectivity index (χ0) is 24.2. The van der Waals surface area contributed by atoms with Crippen molar-refractivity contribution in [3.8, 4) is 5.75 Å². The maximum absolute atomic E-state index is 12.7. The lowest BCUT2D eigenvalue weighted by molar-refractivity contribution is -0.122. The zero-order valence-electron chi connectivity index (χ0n) is 18.9. The van der Waals surface area contributed by atoms with Gasteiger partial charge in [0.05, 0.1) is 16.8 Å². The second-order valence-electron chi connectivity index (χ2n) is 7.86. The molecule has 0 radical (unpaired) electrons. The molecule has 1 N–H and O–H groups in total. The van der Waals surface area contributed by atoms with E-state index in [0.29, 0.717) is 36.6 Å². The minimum Gasteiger partial charge on any atom is -0.481 e. The Balaban J connectivity index is 1.64. The molecule has 2 aromatic carbocycles. The Morgan fingerprint density at radius 1 is 1.03 bits per heavy atom. The van der Waals surface area contributed by atoms with E-state index in [4.69, 9.17) is 4.74 Å². The number of sulfonamides is 2. The molecule has 33 heavy (non-hydrogen) atoms. The number of nitrogens with one attached hydrogen (secondary N) is 1. The Labute approximate surface area is 195 Å². The van der Waals surface area contributed by atoms with Gasteiger partial charge in [0.1, 0.15) is 5.75 Å². The first-order valence-electron chi connectivity index (χ1n) is 10.6. The van der Waals surface area contributed by atoms with Crippen molar-refractivity contribution in [3.05, 3.63) is 48.5 Å². The van der Waals surface area contributed by atoms with E-state index in [1.807, 2.05) is 6.92 Å². The molecule has 0 aliphatic carbocycles. The third-order valence-electron chi connectivity index (χ3n) is 5.46. The van der Waals surface area contributed by atoms with E-state index >= 15 is 0 Å². The number of hydrogen-bond donors (Lipinski definition) is 1. The van der Waals surface area contributed by atoms with Crippen LogP contribution in [0.15, 0.2) is 53.4 Å². The molecule has 1 atom stereocenters. The minimum absolute atomic E-state index is 0.199. The molecule has 2 aromatic rings. The average Bonchev–Trinajstić information content (AvgIpc) is 3.33. The normalized spacial score (nSPS) is 15.7. The van der Waals surface area contributed by atoms with Gasteiger partial charge in [0.25, 0.3) is 5.91 Å². The summed E-state index contributed by atoms with van der Waals surface area (Å²) in [7, 11) is -5.43. The van der Waals surface area contributed by atoms with E-state index in [9.17, 15) is 21.6 Å². The molecule has 1 saturated heterocycles. The van der Waals surface area contributed by atoms with Gasteiger partial charge in [-0.15, -0.1) is 0 Å². The molecule has 0 spiro atoms. The molecular formula is C22H29N3O6S2. The van der Waals surface area contributed by atoms with E-state index in [-0.39, 0.29) is 10.8 Å². The van der Waals surface area contributed by atoms with Gasteiger partial charge in [0.15, 0.2) is 6.10 Å². The maximum atomic E-state index is 12.7. The highest BCUT2D eigenvalue weighted by Crippen LogP contribution is 2.24. The fourth-order valence-corrected chi connectivity index (χ4v) is 5.44. The van der Waals surface area contributed by atoms with Crippen molar-refractivity contribution in [2.45, 2.75) is 37.2 Å². The van der Waals surface area contributed by atoms with Crippen LogP contribution < -0.4 is 14.4 Å². The predicted octanol–water partition coefficient (Wildman–Crippen LogP) is 2.66. The van der Waals surface area contributed by atoms with Crippen LogP contribution >= 0.6 is 0 Å². The number of rotatable bonds is 9. The first kappa shape index (κ1) is 25.0. The van der Waals surface area contributed by atoms with Crippen molar-refractivity contribution < 1.29 is 26.4 Å². The Hall–Kier alpha value is -2.63. The quantitative estimate of drug-likeness (QED) is 0.572. The lowest BCUT2D eigenvalue weighted by Gasteiger charge is -2.20. The van der Waals surface area contributed by atoms with Crippen LogP contribution in [0.2, 0.25) is 0 Å². The van der Waals surface area contributed by atoms with Crippen molar-refractivity contribution in [2.24, 2.45) is 0 Å². The van der Waals surface area contributed by atoms with E-state index in [1.165, 1.54) is 23.5 Å². The Bertz CT molecular complexity index is 1170. The molecule has 9 nitrogen and oxygen atoms in total. The lowest BCUT2D eigenvalue weighted by Crippen LogP contribution is -2.32. The van der Waals surface area contributed by atoms with Gasteiger partial charge < -0.3 is 10.1 Å². The predicted molar refractivity (Wildman–Crippen MR) is 127 cm³/mol. The van der Waals surface area contributed by atoms with Crippen molar-refractivity contribution in [1.29, 1.82) is 0 Å². The molecule has 0 aromatic heterocycles. The summed E-state index contributed by atoms with van der Waals surface area (Å²) >= 11 is 0. The topological polar surface area (TPSA) is 113 Å². The number of amides is 1. The standard InChI is InChI=1S/C22H29N3O6S2/c1-4-21(31-19-11-9-18(10-12-19)24(2)32(3,27)28)22(26)23-17-7-13-20(14-8-17)33(29,30)25-15-5-6-16-25/h7-14,21H,4-6,15-16H2,1-3H3,(H,23,26)/t21-/m0/s1. The van der Waals surface area contributed by atoms with Crippen LogP contribution in [-0.4, -0.2) is 59.5 Å². The second kappa shape index (κ2) is 10.1. The Morgan fingerprint density at radius 2 is 1.61 bits per heavy atom. The van der Waals surface area contributed by atoms with Crippen molar-refractivity contribution in [1.82, 2.24) is 4.31 Å². The SMILES string of the molecule is CC[C@H](Oc1ccc(N(C)S(C)(=O)=O)cc1)C(=O)Nc1ccc(S(=O)(=O)N2CCCC2)cc1. The van der Waals surface area contributed by atoms with Crippen LogP contribution in [0.25, 0.3) is 0 Å². The van der Waals surface area contributed by atoms with Crippen molar-refractivity contribution in [2.75, 3.05) is 36.0 Å².